The van der Waals surface area contributed by atoms with E-state index >= 15 is 0 Å². The normalized spacial score (nSPS) is 47.7. The third kappa shape index (κ3) is 4.32. The van der Waals surface area contributed by atoms with Crippen LogP contribution >= 0.6 is 0 Å². The number of fused-ring (bicyclic) bond motifs is 4. The molecule has 3 amide bonds. The minimum Gasteiger partial charge on any atom is -0.446 e. The molecule has 5 unspecified atom stereocenters. The van der Waals surface area contributed by atoms with E-state index < -0.39 is 6.10 Å². The van der Waals surface area contributed by atoms with Gasteiger partial charge in [-0.2, -0.15) is 0 Å². The number of piperazine rings is 1. The van der Waals surface area contributed by atoms with Crippen LogP contribution in [0.15, 0.2) is 0 Å². The largest absolute Gasteiger partial charge is 0.446 e. The smallest absolute Gasteiger partial charge is 0.410 e. The van der Waals surface area contributed by atoms with Crippen molar-refractivity contribution in [3.63, 3.8) is 0 Å². The summed E-state index contributed by atoms with van der Waals surface area (Å²) in [6.07, 6.45) is 8.40. The molecule has 8 fully saturated rings. The molecular formula is C38H59N3O7. The first kappa shape index (κ1) is 33.1. The van der Waals surface area contributed by atoms with Crippen LogP contribution in [0.3, 0.4) is 0 Å². The number of hydrogen-bond acceptors (Lipinski definition) is 7. The number of nitrogens with zero attached hydrogens (tertiary/aromatic N) is 2. The molecule has 0 radical (unpaired) electrons. The molecule has 268 valence electrons. The van der Waals surface area contributed by atoms with Crippen LogP contribution in [0.5, 0.6) is 0 Å². The highest BCUT2D eigenvalue weighted by atomic mass is 16.6. The molecule has 0 aromatic carbocycles. The van der Waals surface area contributed by atoms with Gasteiger partial charge in [0.05, 0.1) is 18.3 Å². The van der Waals surface area contributed by atoms with Gasteiger partial charge in [0.25, 0.3) is 0 Å². The number of aliphatic hydroxyl groups excluding tert-OH is 1. The Morgan fingerprint density at radius 3 is 2.33 bits per heavy atom. The van der Waals surface area contributed by atoms with Crippen molar-refractivity contribution < 1.29 is 33.7 Å². The summed E-state index contributed by atoms with van der Waals surface area (Å²) in [6, 6.07) is 0. The number of aliphatic hydroxyl groups is 1. The molecule has 3 aliphatic heterocycles. The second-order valence-electron chi connectivity index (χ2n) is 18.6. The molecule has 10 nitrogen and oxygen atoms in total. The summed E-state index contributed by atoms with van der Waals surface area (Å²) in [6.45, 7) is 16.3. The molecule has 0 aromatic rings. The second-order valence-corrected chi connectivity index (χ2v) is 18.6. The van der Waals surface area contributed by atoms with Gasteiger partial charge in [-0.05, 0) is 104 Å². The molecule has 10 heteroatoms. The van der Waals surface area contributed by atoms with Crippen LogP contribution in [-0.2, 0) is 19.0 Å². The highest BCUT2D eigenvalue weighted by Crippen LogP contribution is 2.89. The van der Waals surface area contributed by atoms with E-state index in [0.717, 1.165) is 64.5 Å². The Kier molecular flexibility index (Phi) is 7.56. The second kappa shape index (κ2) is 11.0. The first-order valence-electron chi connectivity index (χ1n) is 19.2. The Morgan fingerprint density at radius 1 is 0.917 bits per heavy atom. The van der Waals surface area contributed by atoms with E-state index in [9.17, 15) is 19.5 Å². The van der Waals surface area contributed by atoms with E-state index in [1.165, 1.54) is 12.8 Å². The van der Waals surface area contributed by atoms with E-state index in [1.807, 2.05) is 0 Å². The van der Waals surface area contributed by atoms with Crippen LogP contribution < -0.4 is 5.32 Å². The monoisotopic (exact) mass is 669 g/mol. The van der Waals surface area contributed by atoms with Gasteiger partial charge in [0.2, 0.25) is 5.91 Å². The highest BCUT2D eigenvalue weighted by molar-refractivity contribution is 5.83. The summed E-state index contributed by atoms with van der Waals surface area (Å²) >= 11 is 0. The number of amides is 3. The number of rotatable bonds is 4. The van der Waals surface area contributed by atoms with E-state index in [-0.39, 0.29) is 82.0 Å². The average molecular weight is 670 g/mol. The lowest BCUT2D eigenvalue weighted by atomic mass is 9.41. The van der Waals surface area contributed by atoms with Crippen molar-refractivity contribution >= 4 is 18.1 Å². The van der Waals surface area contributed by atoms with Crippen LogP contribution in [0, 0.1) is 50.7 Å². The van der Waals surface area contributed by atoms with Gasteiger partial charge < -0.3 is 29.5 Å². The SMILES string of the molecule is CC(C)[C@@H](OC(=O)N1CCC1)C1CC[C@H]2C(O1)[C@H](O)[C@@]1(C)C3CCC4C(C)(C)[C@@H](OC(=O)N5CCNC(=O)C5)CC[C@@]45CC35CC[C@]21C. The molecule has 48 heavy (non-hydrogen) atoms. The lowest BCUT2D eigenvalue weighted by Gasteiger charge is -2.63. The molecule has 8 rings (SSSR count). The van der Waals surface area contributed by atoms with Gasteiger partial charge in [-0.1, -0.05) is 41.5 Å². The van der Waals surface area contributed by atoms with E-state index in [4.69, 9.17) is 14.2 Å². The molecule has 3 heterocycles. The van der Waals surface area contributed by atoms with Gasteiger partial charge >= 0.3 is 12.2 Å². The number of hydrogen-bond donors (Lipinski definition) is 2. The number of ether oxygens (including phenoxy) is 3. The third-order valence-corrected chi connectivity index (χ3v) is 16.4. The van der Waals surface area contributed by atoms with Crippen molar-refractivity contribution in [3.8, 4) is 0 Å². The van der Waals surface area contributed by atoms with Crippen molar-refractivity contribution in [2.24, 2.45) is 50.7 Å². The highest BCUT2D eigenvalue weighted by Gasteiger charge is 2.84. The molecule has 2 N–H and O–H groups in total. The average Bonchev–Trinajstić information content (AvgIpc) is 3.65. The summed E-state index contributed by atoms with van der Waals surface area (Å²) in [5.41, 5.74) is -0.00204. The molecule has 8 aliphatic rings. The fourth-order valence-electron chi connectivity index (χ4n) is 13.6. The Labute approximate surface area is 286 Å². The van der Waals surface area contributed by atoms with Gasteiger partial charge in [-0.3, -0.25) is 9.69 Å². The maximum Gasteiger partial charge on any atom is 0.410 e. The van der Waals surface area contributed by atoms with Gasteiger partial charge in [-0.25, -0.2) is 9.59 Å². The van der Waals surface area contributed by atoms with E-state index in [0.29, 0.717) is 30.8 Å². The number of nitrogens with one attached hydrogen (secondary N) is 1. The predicted octanol–water partition coefficient (Wildman–Crippen LogP) is 5.36. The predicted molar refractivity (Wildman–Crippen MR) is 178 cm³/mol. The molecular weight excluding hydrogens is 610 g/mol. The lowest BCUT2D eigenvalue weighted by Crippen LogP contribution is -2.60. The zero-order chi connectivity index (χ0) is 34.0. The molecule has 5 saturated carbocycles. The minimum absolute atomic E-state index is 0.0147. The summed E-state index contributed by atoms with van der Waals surface area (Å²) in [7, 11) is 0. The zero-order valence-electron chi connectivity index (χ0n) is 30.1. The Morgan fingerprint density at radius 2 is 1.65 bits per heavy atom. The van der Waals surface area contributed by atoms with Gasteiger partial charge in [-0.15, -0.1) is 0 Å². The topological polar surface area (TPSA) is 118 Å². The van der Waals surface area contributed by atoms with E-state index in [1.54, 1.807) is 9.80 Å². The Hall–Kier alpha value is -2.07. The van der Waals surface area contributed by atoms with Gasteiger partial charge in [0.1, 0.15) is 18.8 Å². The van der Waals surface area contributed by atoms with E-state index in [2.05, 4.69) is 46.9 Å². The minimum atomic E-state index is -0.558. The molecule has 3 saturated heterocycles. The molecule has 0 bridgehead atoms. The first-order chi connectivity index (χ1) is 22.7. The summed E-state index contributed by atoms with van der Waals surface area (Å²) < 4.78 is 19.3. The first-order valence-corrected chi connectivity index (χ1v) is 19.2. The maximum atomic E-state index is 13.2. The molecule has 5 aliphatic carbocycles. The van der Waals surface area contributed by atoms with Crippen molar-refractivity contribution in [3.05, 3.63) is 0 Å². The standard InChI is InChI=1S/C38H59N3O7/c1-22(2)29(48-32(44)40-17-7-18-40)24-9-8-23-30(46-24)31(43)36(6)26-11-10-25-34(3,4)27(47-33(45)41-19-16-39-28(42)20-41)12-13-37(25)21-38(26,37)15-14-35(23,36)5/h22-27,29-31,43H,7-21H2,1-6H3,(H,39,42)/t23-,24?,25?,26?,27-,29+,30?,31-,35+,36+,37+,38?/m0/s1. The van der Waals surface area contributed by atoms with Crippen molar-refractivity contribution in [1.82, 2.24) is 15.1 Å². The van der Waals surface area contributed by atoms with Gasteiger partial charge in [0, 0.05) is 37.0 Å². The molecule has 2 spiro atoms. The zero-order valence-corrected chi connectivity index (χ0v) is 30.1. The van der Waals surface area contributed by atoms with Crippen molar-refractivity contribution in [2.45, 2.75) is 136 Å². The quantitative estimate of drug-likeness (QED) is 0.414. The summed E-state index contributed by atoms with van der Waals surface area (Å²) in [5.74, 6) is 1.18. The number of carbonyl (C=O) groups excluding carboxylic acids is 3. The van der Waals surface area contributed by atoms with Crippen LogP contribution in [0.1, 0.15) is 106 Å². The molecule has 12 atom stereocenters. The van der Waals surface area contributed by atoms with Crippen molar-refractivity contribution in [1.29, 1.82) is 0 Å². The van der Waals surface area contributed by atoms with Crippen LogP contribution in [0.4, 0.5) is 9.59 Å². The maximum absolute atomic E-state index is 13.2. The van der Waals surface area contributed by atoms with Crippen LogP contribution in [-0.4, -0.2) is 96.2 Å². The molecule has 0 aromatic heterocycles. The lowest BCUT2D eigenvalue weighted by molar-refractivity contribution is -0.185. The van der Waals surface area contributed by atoms with Gasteiger partial charge in [0.15, 0.2) is 0 Å². The van der Waals surface area contributed by atoms with Crippen molar-refractivity contribution in [2.75, 3.05) is 32.7 Å². The number of likely N-dealkylation sites (tertiary alicyclic amines) is 1. The fourth-order valence-corrected chi connectivity index (χ4v) is 13.6. The third-order valence-electron chi connectivity index (χ3n) is 16.4. The summed E-state index contributed by atoms with van der Waals surface area (Å²) in [4.78, 5) is 41.3. The number of carbonyl (C=O) groups is 3. The fraction of sp³-hybridized carbons (Fsp3) is 0.921. The Balaban J connectivity index is 1.00. The van der Waals surface area contributed by atoms with Crippen LogP contribution in [0.2, 0.25) is 0 Å². The summed E-state index contributed by atoms with van der Waals surface area (Å²) in [5, 5.41) is 15.3. The van der Waals surface area contributed by atoms with Crippen LogP contribution in [0.25, 0.3) is 0 Å². The Bertz CT molecular complexity index is 1350.